The highest BCUT2D eigenvalue weighted by molar-refractivity contribution is 9.10. The summed E-state index contributed by atoms with van der Waals surface area (Å²) in [6, 6.07) is 3.10. The second-order valence-corrected chi connectivity index (χ2v) is 3.83. The summed E-state index contributed by atoms with van der Waals surface area (Å²) in [5, 5.41) is 11.3. The number of amides is 1. The van der Waals surface area contributed by atoms with Crippen LogP contribution < -0.4 is 5.32 Å². The first-order valence-electron chi connectivity index (χ1n) is 4.16. The summed E-state index contributed by atoms with van der Waals surface area (Å²) in [7, 11) is 0. The first kappa shape index (κ1) is 11.1. The molecule has 0 saturated carbocycles. The third-order valence-corrected chi connectivity index (χ3v) is 2.08. The molecule has 4 nitrogen and oxygen atoms in total. The Labute approximate surface area is 90.5 Å². The molecule has 1 aromatic rings. The van der Waals surface area contributed by atoms with Crippen molar-refractivity contribution in [2.75, 3.05) is 6.61 Å². The number of rotatable bonds is 3. The number of carbonyl (C=O) groups excluding carboxylic acids is 1. The van der Waals surface area contributed by atoms with E-state index in [4.69, 9.17) is 5.11 Å². The summed E-state index contributed by atoms with van der Waals surface area (Å²) < 4.78 is 0.823. The third-order valence-electron chi connectivity index (χ3n) is 1.61. The minimum atomic E-state index is -0.279. The Kier molecular flexibility index (Phi) is 4.03. The number of halogens is 1. The fourth-order valence-corrected chi connectivity index (χ4v) is 1.09. The quantitative estimate of drug-likeness (QED) is 0.849. The molecule has 0 aliphatic carbocycles. The summed E-state index contributed by atoms with van der Waals surface area (Å²) in [4.78, 5) is 15.4. The van der Waals surface area contributed by atoms with Gasteiger partial charge in [-0.25, -0.2) is 4.98 Å². The molecule has 0 aromatic carbocycles. The van der Waals surface area contributed by atoms with Gasteiger partial charge in [-0.2, -0.15) is 0 Å². The van der Waals surface area contributed by atoms with E-state index in [0.717, 1.165) is 4.47 Å². The predicted octanol–water partition coefficient (Wildman–Crippen LogP) is 0.955. The molecule has 0 fully saturated rings. The van der Waals surface area contributed by atoms with Gasteiger partial charge in [0.2, 0.25) is 0 Å². The molecule has 1 rings (SSSR count). The molecule has 0 aliphatic rings. The van der Waals surface area contributed by atoms with E-state index in [9.17, 15) is 4.79 Å². The molecule has 0 saturated heterocycles. The standard InChI is InChI=1S/C9H11BrN2O2/c1-6(5-13)12-9(14)8-3-2-7(10)4-11-8/h2-4,6,13H,5H2,1H3,(H,12,14)/t6-/m1/s1. The van der Waals surface area contributed by atoms with Gasteiger partial charge in [0.05, 0.1) is 6.61 Å². The van der Waals surface area contributed by atoms with E-state index in [1.807, 2.05) is 0 Å². The van der Waals surface area contributed by atoms with E-state index in [1.54, 1.807) is 25.3 Å². The Balaban J connectivity index is 2.65. The van der Waals surface area contributed by atoms with Crippen LogP contribution in [0.3, 0.4) is 0 Å². The number of pyridine rings is 1. The number of nitrogens with one attached hydrogen (secondary N) is 1. The number of aromatic nitrogens is 1. The zero-order valence-electron chi connectivity index (χ0n) is 7.70. The van der Waals surface area contributed by atoms with Crippen LogP contribution in [0.25, 0.3) is 0 Å². The third kappa shape index (κ3) is 3.08. The van der Waals surface area contributed by atoms with E-state index in [1.165, 1.54) is 0 Å². The number of aliphatic hydroxyl groups is 1. The lowest BCUT2D eigenvalue weighted by molar-refractivity contribution is 0.0917. The van der Waals surface area contributed by atoms with Crippen LogP contribution in [-0.2, 0) is 0 Å². The van der Waals surface area contributed by atoms with Gasteiger partial charge < -0.3 is 10.4 Å². The Morgan fingerprint density at radius 1 is 1.71 bits per heavy atom. The van der Waals surface area contributed by atoms with Crippen LogP contribution in [0.4, 0.5) is 0 Å². The molecule has 0 radical (unpaired) electrons. The Hall–Kier alpha value is -0.940. The van der Waals surface area contributed by atoms with Crippen molar-refractivity contribution in [3.05, 3.63) is 28.5 Å². The van der Waals surface area contributed by atoms with Gasteiger partial charge in [0.25, 0.3) is 5.91 Å². The van der Waals surface area contributed by atoms with Gasteiger partial charge in [-0.3, -0.25) is 4.79 Å². The molecule has 2 N–H and O–H groups in total. The number of nitrogens with zero attached hydrogens (tertiary/aromatic N) is 1. The van der Waals surface area contributed by atoms with Crippen molar-refractivity contribution in [3.8, 4) is 0 Å². The Bertz CT molecular complexity index is 313. The molecule has 0 unspecified atom stereocenters. The van der Waals surface area contributed by atoms with E-state index in [-0.39, 0.29) is 18.6 Å². The monoisotopic (exact) mass is 258 g/mol. The van der Waals surface area contributed by atoms with Crippen LogP contribution >= 0.6 is 15.9 Å². The first-order chi connectivity index (χ1) is 6.63. The van der Waals surface area contributed by atoms with Crippen molar-refractivity contribution in [1.82, 2.24) is 10.3 Å². The highest BCUT2D eigenvalue weighted by Crippen LogP contribution is 2.07. The molecular weight excluding hydrogens is 248 g/mol. The van der Waals surface area contributed by atoms with Gasteiger partial charge in [-0.05, 0) is 35.0 Å². The average molecular weight is 259 g/mol. The molecule has 0 spiro atoms. The maximum absolute atomic E-state index is 11.4. The van der Waals surface area contributed by atoms with Crippen molar-refractivity contribution in [3.63, 3.8) is 0 Å². The number of carbonyl (C=O) groups is 1. The lowest BCUT2D eigenvalue weighted by atomic mass is 10.3. The summed E-state index contributed by atoms with van der Waals surface area (Å²) in [6.45, 7) is 1.64. The number of hydrogen-bond donors (Lipinski definition) is 2. The van der Waals surface area contributed by atoms with Gasteiger partial charge in [0, 0.05) is 16.7 Å². The highest BCUT2D eigenvalue weighted by atomic mass is 79.9. The van der Waals surface area contributed by atoms with Crippen LogP contribution in [0, 0.1) is 0 Å². The average Bonchev–Trinajstić information content (AvgIpc) is 2.18. The van der Waals surface area contributed by atoms with Gasteiger partial charge in [0.15, 0.2) is 0 Å². The van der Waals surface area contributed by atoms with E-state index in [0.29, 0.717) is 5.69 Å². The molecule has 0 bridgehead atoms. The fraction of sp³-hybridized carbons (Fsp3) is 0.333. The van der Waals surface area contributed by atoms with Crippen molar-refractivity contribution < 1.29 is 9.90 Å². The molecular formula is C9H11BrN2O2. The maximum atomic E-state index is 11.4. The summed E-state index contributed by atoms with van der Waals surface area (Å²) >= 11 is 3.22. The largest absolute Gasteiger partial charge is 0.394 e. The first-order valence-corrected chi connectivity index (χ1v) is 4.96. The van der Waals surface area contributed by atoms with Crippen molar-refractivity contribution >= 4 is 21.8 Å². The summed E-state index contributed by atoms with van der Waals surface area (Å²) in [5.74, 6) is -0.279. The Morgan fingerprint density at radius 3 is 2.93 bits per heavy atom. The van der Waals surface area contributed by atoms with Gasteiger partial charge in [0.1, 0.15) is 5.69 Å². The molecule has 76 valence electrons. The lowest BCUT2D eigenvalue weighted by Crippen LogP contribution is -2.35. The second-order valence-electron chi connectivity index (χ2n) is 2.92. The second kappa shape index (κ2) is 5.07. The van der Waals surface area contributed by atoms with Crippen LogP contribution in [0.1, 0.15) is 17.4 Å². The summed E-state index contributed by atoms with van der Waals surface area (Å²) in [6.07, 6.45) is 1.55. The van der Waals surface area contributed by atoms with Gasteiger partial charge in [-0.15, -0.1) is 0 Å². The maximum Gasteiger partial charge on any atom is 0.270 e. The molecule has 1 amide bonds. The molecule has 0 aliphatic heterocycles. The van der Waals surface area contributed by atoms with E-state index < -0.39 is 0 Å². The minimum Gasteiger partial charge on any atom is -0.394 e. The number of aliphatic hydroxyl groups excluding tert-OH is 1. The number of hydrogen-bond acceptors (Lipinski definition) is 3. The summed E-state index contributed by atoms with van der Waals surface area (Å²) in [5.41, 5.74) is 0.341. The van der Waals surface area contributed by atoms with Crippen LogP contribution in [0.5, 0.6) is 0 Å². The molecule has 14 heavy (non-hydrogen) atoms. The minimum absolute atomic E-state index is 0.0811. The highest BCUT2D eigenvalue weighted by Gasteiger charge is 2.09. The molecule has 1 heterocycles. The van der Waals surface area contributed by atoms with Crippen LogP contribution in [0.15, 0.2) is 22.8 Å². The van der Waals surface area contributed by atoms with Gasteiger partial charge >= 0.3 is 0 Å². The Morgan fingerprint density at radius 2 is 2.43 bits per heavy atom. The van der Waals surface area contributed by atoms with Crippen molar-refractivity contribution in [2.45, 2.75) is 13.0 Å². The SMILES string of the molecule is C[C@H](CO)NC(=O)c1ccc(Br)cn1. The van der Waals surface area contributed by atoms with Crippen molar-refractivity contribution in [2.24, 2.45) is 0 Å². The van der Waals surface area contributed by atoms with Crippen molar-refractivity contribution in [1.29, 1.82) is 0 Å². The van der Waals surface area contributed by atoms with Crippen LogP contribution in [0.2, 0.25) is 0 Å². The predicted molar refractivity (Wildman–Crippen MR) is 56.0 cm³/mol. The normalized spacial score (nSPS) is 12.2. The smallest absolute Gasteiger partial charge is 0.270 e. The lowest BCUT2D eigenvalue weighted by Gasteiger charge is -2.09. The zero-order chi connectivity index (χ0) is 10.6. The van der Waals surface area contributed by atoms with E-state index in [2.05, 4.69) is 26.2 Å². The van der Waals surface area contributed by atoms with Crippen LogP contribution in [-0.4, -0.2) is 28.6 Å². The zero-order valence-corrected chi connectivity index (χ0v) is 9.28. The molecule has 1 aromatic heterocycles. The molecule has 5 heteroatoms. The topological polar surface area (TPSA) is 62.2 Å². The van der Waals surface area contributed by atoms with E-state index >= 15 is 0 Å². The fourth-order valence-electron chi connectivity index (χ4n) is 0.854. The van der Waals surface area contributed by atoms with Gasteiger partial charge in [-0.1, -0.05) is 0 Å². The molecule has 1 atom stereocenters.